The summed E-state index contributed by atoms with van der Waals surface area (Å²) in [6.45, 7) is 6.48. The monoisotopic (exact) mass is 307 g/mol. The Kier molecular flexibility index (Phi) is 4.50. The van der Waals surface area contributed by atoms with Crippen LogP contribution in [0.4, 0.5) is 0 Å². The number of benzene rings is 1. The summed E-state index contributed by atoms with van der Waals surface area (Å²) in [7, 11) is 0. The Morgan fingerprint density at radius 3 is 2.45 bits per heavy atom. The van der Waals surface area contributed by atoms with Crippen LogP contribution in [0, 0.1) is 0 Å². The van der Waals surface area contributed by atoms with E-state index < -0.39 is 5.97 Å². The minimum absolute atomic E-state index is 0.0940. The lowest BCUT2D eigenvalue weighted by atomic mass is 9.98. The van der Waals surface area contributed by atoms with Crippen LogP contribution in [0.3, 0.4) is 0 Å². The molecule has 106 valence electrons. The van der Waals surface area contributed by atoms with Crippen molar-refractivity contribution in [2.75, 3.05) is 0 Å². The number of carbonyl (C=O) groups is 1. The SMILES string of the molecule is CC(C)(C)c1nc(CSc2ccc(C(=O)O)cc2)cs1. The van der Waals surface area contributed by atoms with Crippen molar-refractivity contribution < 1.29 is 9.90 Å². The smallest absolute Gasteiger partial charge is 0.335 e. The topological polar surface area (TPSA) is 50.2 Å². The lowest BCUT2D eigenvalue weighted by Gasteiger charge is -2.13. The molecule has 0 amide bonds. The zero-order valence-corrected chi connectivity index (χ0v) is 13.3. The van der Waals surface area contributed by atoms with Gasteiger partial charge in [0, 0.05) is 21.4 Å². The van der Waals surface area contributed by atoms with E-state index in [1.165, 1.54) is 0 Å². The van der Waals surface area contributed by atoms with E-state index in [9.17, 15) is 4.79 Å². The van der Waals surface area contributed by atoms with Crippen molar-refractivity contribution in [3.05, 3.63) is 45.9 Å². The van der Waals surface area contributed by atoms with Crippen LogP contribution in [-0.2, 0) is 11.2 Å². The summed E-state index contributed by atoms with van der Waals surface area (Å²) in [5.74, 6) is -0.0882. The van der Waals surface area contributed by atoms with Crippen molar-refractivity contribution in [2.45, 2.75) is 36.8 Å². The van der Waals surface area contributed by atoms with Crippen LogP contribution in [0.5, 0.6) is 0 Å². The average molecular weight is 307 g/mol. The van der Waals surface area contributed by atoms with Gasteiger partial charge in [-0.05, 0) is 24.3 Å². The maximum atomic E-state index is 10.8. The molecular formula is C15H17NO2S2. The highest BCUT2D eigenvalue weighted by molar-refractivity contribution is 7.98. The van der Waals surface area contributed by atoms with Crippen LogP contribution in [0.1, 0.15) is 41.8 Å². The Balaban J connectivity index is 1.98. The predicted octanol–water partition coefficient (Wildman–Crippen LogP) is 4.43. The quantitative estimate of drug-likeness (QED) is 0.849. The Bertz CT molecular complexity index is 597. The van der Waals surface area contributed by atoms with Crippen molar-refractivity contribution in [2.24, 2.45) is 0 Å². The molecule has 1 N–H and O–H groups in total. The van der Waals surface area contributed by atoms with Crippen LogP contribution < -0.4 is 0 Å². The minimum Gasteiger partial charge on any atom is -0.478 e. The lowest BCUT2D eigenvalue weighted by molar-refractivity contribution is 0.0697. The van der Waals surface area contributed by atoms with Crippen molar-refractivity contribution in [3.8, 4) is 0 Å². The zero-order valence-electron chi connectivity index (χ0n) is 11.7. The number of thioether (sulfide) groups is 1. The summed E-state index contributed by atoms with van der Waals surface area (Å²) >= 11 is 3.36. The molecule has 0 aliphatic heterocycles. The molecule has 0 unspecified atom stereocenters. The molecule has 0 fully saturated rings. The second-order valence-corrected chi connectivity index (χ2v) is 7.42. The second kappa shape index (κ2) is 5.97. The Hall–Kier alpha value is -1.33. The van der Waals surface area contributed by atoms with Crippen LogP contribution in [-0.4, -0.2) is 16.1 Å². The third kappa shape index (κ3) is 3.84. The molecule has 5 heteroatoms. The first kappa shape index (κ1) is 15.1. The molecule has 1 aromatic carbocycles. The molecule has 0 aliphatic rings. The molecule has 0 atom stereocenters. The molecule has 1 aromatic heterocycles. The van der Waals surface area contributed by atoms with E-state index in [2.05, 4.69) is 31.1 Å². The van der Waals surface area contributed by atoms with Crippen molar-refractivity contribution in [1.29, 1.82) is 0 Å². The van der Waals surface area contributed by atoms with E-state index in [4.69, 9.17) is 5.11 Å². The van der Waals surface area contributed by atoms with Crippen molar-refractivity contribution >= 4 is 29.1 Å². The highest BCUT2D eigenvalue weighted by Gasteiger charge is 2.17. The van der Waals surface area contributed by atoms with Crippen LogP contribution in [0.2, 0.25) is 0 Å². The Morgan fingerprint density at radius 2 is 1.95 bits per heavy atom. The van der Waals surface area contributed by atoms with Crippen molar-refractivity contribution in [3.63, 3.8) is 0 Å². The zero-order chi connectivity index (χ0) is 14.8. The fourth-order valence-corrected chi connectivity index (χ4v) is 3.37. The largest absolute Gasteiger partial charge is 0.478 e. The first-order valence-corrected chi connectivity index (χ1v) is 8.14. The fraction of sp³-hybridized carbons (Fsp3) is 0.333. The van der Waals surface area contributed by atoms with Crippen LogP contribution in [0.25, 0.3) is 0 Å². The third-order valence-corrected chi connectivity index (χ3v) is 5.04. The molecular weight excluding hydrogens is 290 g/mol. The molecule has 0 aliphatic carbocycles. The number of carboxylic acids is 1. The Labute approximate surface area is 127 Å². The van der Waals surface area contributed by atoms with Gasteiger partial charge in [0.25, 0.3) is 0 Å². The fourth-order valence-electron chi connectivity index (χ4n) is 1.57. The number of thiazole rings is 1. The van der Waals surface area contributed by atoms with Gasteiger partial charge in [0.05, 0.1) is 16.3 Å². The molecule has 0 bridgehead atoms. The maximum Gasteiger partial charge on any atom is 0.335 e. The van der Waals surface area contributed by atoms with Gasteiger partial charge in [0.15, 0.2) is 0 Å². The molecule has 2 rings (SSSR count). The molecule has 3 nitrogen and oxygen atoms in total. The number of hydrogen-bond donors (Lipinski definition) is 1. The maximum absolute atomic E-state index is 10.8. The highest BCUT2D eigenvalue weighted by Crippen LogP contribution is 2.29. The van der Waals surface area contributed by atoms with Gasteiger partial charge in [-0.1, -0.05) is 20.8 Å². The standard InChI is InChI=1S/C15H17NO2S2/c1-15(2,3)14-16-11(9-20-14)8-19-12-6-4-10(5-7-12)13(17)18/h4-7,9H,8H2,1-3H3,(H,17,18). The summed E-state index contributed by atoms with van der Waals surface area (Å²) in [5.41, 5.74) is 1.49. The molecule has 2 aromatic rings. The van der Waals surface area contributed by atoms with Gasteiger partial charge >= 0.3 is 5.97 Å². The molecule has 0 spiro atoms. The predicted molar refractivity (Wildman–Crippen MR) is 83.8 cm³/mol. The molecule has 0 radical (unpaired) electrons. The summed E-state index contributed by atoms with van der Waals surface area (Å²) in [6, 6.07) is 6.94. The van der Waals surface area contributed by atoms with E-state index in [1.54, 1.807) is 35.2 Å². The highest BCUT2D eigenvalue weighted by atomic mass is 32.2. The summed E-state index contributed by atoms with van der Waals surface area (Å²) in [6.07, 6.45) is 0. The molecule has 20 heavy (non-hydrogen) atoms. The lowest BCUT2D eigenvalue weighted by Crippen LogP contribution is -2.10. The van der Waals surface area contributed by atoms with E-state index in [1.807, 2.05) is 12.1 Å². The van der Waals surface area contributed by atoms with E-state index in [0.29, 0.717) is 5.56 Å². The molecule has 1 heterocycles. The number of aromatic carboxylic acids is 1. The van der Waals surface area contributed by atoms with Gasteiger partial charge in [-0.2, -0.15) is 0 Å². The van der Waals surface area contributed by atoms with Gasteiger partial charge in [-0.25, -0.2) is 9.78 Å². The Morgan fingerprint density at radius 1 is 1.30 bits per heavy atom. The molecule has 0 saturated heterocycles. The molecule has 0 saturated carbocycles. The van der Waals surface area contributed by atoms with Crippen LogP contribution in [0.15, 0.2) is 34.5 Å². The first-order valence-electron chi connectivity index (χ1n) is 6.27. The van der Waals surface area contributed by atoms with Gasteiger partial charge in [0.1, 0.15) is 0 Å². The minimum atomic E-state index is -0.893. The number of aromatic nitrogens is 1. The summed E-state index contributed by atoms with van der Waals surface area (Å²) in [4.78, 5) is 16.5. The third-order valence-electron chi connectivity index (χ3n) is 2.68. The van der Waals surface area contributed by atoms with Gasteiger partial charge in [-0.3, -0.25) is 0 Å². The average Bonchev–Trinajstić information content (AvgIpc) is 2.85. The van der Waals surface area contributed by atoms with E-state index in [-0.39, 0.29) is 5.41 Å². The number of nitrogens with zero attached hydrogens (tertiary/aromatic N) is 1. The normalized spacial score (nSPS) is 11.6. The number of carboxylic acid groups (broad SMARTS) is 1. The van der Waals surface area contributed by atoms with Gasteiger partial charge in [-0.15, -0.1) is 23.1 Å². The van der Waals surface area contributed by atoms with E-state index in [0.717, 1.165) is 21.3 Å². The first-order chi connectivity index (χ1) is 9.36. The van der Waals surface area contributed by atoms with Gasteiger partial charge < -0.3 is 5.11 Å². The second-order valence-electron chi connectivity index (χ2n) is 5.51. The van der Waals surface area contributed by atoms with Gasteiger partial charge in [0.2, 0.25) is 0 Å². The number of hydrogen-bond acceptors (Lipinski definition) is 4. The summed E-state index contributed by atoms with van der Waals surface area (Å²) < 4.78 is 0. The van der Waals surface area contributed by atoms with Crippen LogP contribution >= 0.6 is 23.1 Å². The van der Waals surface area contributed by atoms with Crippen molar-refractivity contribution in [1.82, 2.24) is 4.98 Å². The van der Waals surface area contributed by atoms with E-state index >= 15 is 0 Å². The number of rotatable bonds is 4. The summed E-state index contributed by atoms with van der Waals surface area (Å²) in [5, 5.41) is 12.1.